The molecule has 2 saturated heterocycles. The molecule has 2 N–H and O–H groups in total. The van der Waals surface area contributed by atoms with E-state index in [4.69, 9.17) is 14.2 Å². The molecule has 60 heavy (non-hydrogen) atoms. The van der Waals surface area contributed by atoms with E-state index in [1.807, 2.05) is 6.92 Å². The van der Waals surface area contributed by atoms with Crippen molar-refractivity contribution in [2.45, 2.75) is 109 Å². The lowest BCUT2D eigenvalue weighted by Crippen LogP contribution is -2.58. The Morgan fingerprint density at radius 1 is 0.933 bits per heavy atom. The van der Waals surface area contributed by atoms with Crippen LogP contribution in [0, 0.1) is 17.2 Å². The Morgan fingerprint density at radius 2 is 1.62 bits per heavy atom. The van der Waals surface area contributed by atoms with E-state index in [0.29, 0.717) is 58.9 Å². The number of carbonyl (C=O) groups is 5. The molecule has 2 saturated carbocycles. The van der Waals surface area contributed by atoms with Crippen LogP contribution in [0.25, 0.3) is 0 Å². The van der Waals surface area contributed by atoms with Crippen LogP contribution in [0.3, 0.4) is 0 Å². The van der Waals surface area contributed by atoms with Gasteiger partial charge in [0.05, 0.1) is 35.0 Å². The maximum absolute atomic E-state index is 13.2. The van der Waals surface area contributed by atoms with Gasteiger partial charge in [0.1, 0.15) is 35.5 Å². The number of anilines is 1. The van der Waals surface area contributed by atoms with Crippen molar-refractivity contribution >= 4 is 35.5 Å². The van der Waals surface area contributed by atoms with Crippen LogP contribution in [0.2, 0.25) is 0 Å². The number of aromatic nitrogens is 2. The summed E-state index contributed by atoms with van der Waals surface area (Å²) in [6.07, 6.45) is 8.18. The van der Waals surface area contributed by atoms with E-state index in [2.05, 4.69) is 50.3 Å². The van der Waals surface area contributed by atoms with Crippen LogP contribution in [-0.4, -0.2) is 112 Å². The molecule has 16 nitrogen and oxygen atoms in total. The van der Waals surface area contributed by atoms with Crippen molar-refractivity contribution in [3.63, 3.8) is 0 Å². The van der Waals surface area contributed by atoms with Crippen LogP contribution >= 0.6 is 0 Å². The monoisotopic (exact) mass is 818 g/mol. The fourth-order valence-electron chi connectivity index (χ4n) is 8.88. The van der Waals surface area contributed by atoms with Crippen LogP contribution in [0.5, 0.6) is 17.2 Å². The Morgan fingerprint density at radius 3 is 2.30 bits per heavy atom. The Bertz CT molecular complexity index is 2190. The molecule has 8 rings (SSSR count). The molecule has 2 aliphatic carbocycles. The third kappa shape index (κ3) is 8.49. The number of nitrogens with one attached hydrogen (secondary N) is 2. The quantitative estimate of drug-likeness (QED) is 0.222. The van der Waals surface area contributed by atoms with Gasteiger partial charge in [-0.15, -0.1) is 0 Å². The van der Waals surface area contributed by atoms with Crippen LogP contribution in [0.15, 0.2) is 48.8 Å². The average Bonchev–Trinajstić information content (AvgIpc) is 3.45. The molecule has 4 heterocycles. The van der Waals surface area contributed by atoms with Crippen LogP contribution in [0.1, 0.15) is 109 Å². The zero-order valence-corrected chi connectivity index (χ0v) is 34.1. The second-order valence-electron chi connectivity index (χ2n) is 16.6. The molecule has 5 aliphatic rings. The van der Waals surface area contributed by atoms with E-state index < -0.39 is 29.7 Å². The van der Waals surface area contributed by atoms with E-state index >= 15 is 0 Å². The smallest absolute Gasteiger partial charge is 0.262 e. The largest absolute Gasteiger partial charge is 0.492 e. The van der Waals surface area contributed by atoms with Crippen LogP contribution < -0.4 is 29.7 Å². The van der Waals surface area contributed by atoms with E-state index in [1.165, 1.54) is 0 Å². The minimum atomic E-state index is -1.01. The number of imide groups is 2. The van der Waals surface area contributed by atoms with Crippen molar-refractivity contribution < 1.29 is 38.2 Å². The van der Waals surface area contributed by atoms with Crippen molar-refractivity contribution in [2.75, 3.05) is 31.1 Å². The second kappa shape index (κ2) is 17.3. The molecule has 3 aliphatic heterocycles. The maximum atomic E-state index is 13.2. The molecule has 1 unspecified atom stereocenters. The molecule has 1 aromatic heterocycles. The summed E-state index contributed by atoms with van der Waals surface area (Å²) in [5.74, 6) is 0.422. The lowest BCUT2D eigenvalue weighted by atomic mass is 9.85. The van der Waals surface area contributed by atoms with Gasteiger partial charge in [-0.3, -0.25) is 39.1 Å². The fraction of sp³-hybridized carbons (Fsp3) is 0.500. The molecule has 4 fully saturated rings. The van der Waals surface area contributed by atoms with Crippen molar-refractivity contribution in [2.24, 2.45) is 5.92 Å². The molecule has 0 radical (unpaired) electrons. The van der Waals surface area contributed by atoms with Crippen molar-refractivity contribution in [1.29, 1.82) is 5.26 Å². The zero-order valence-electron chi connectivity index (χ0n) is 34.1. The van der Waals surface area contributed by atoms with Gasteiger partial charge in [-0.05, 0) is 83.2 Å². The van der Waals surface area contributed by atoms with Crippen LogP contribution in [-0.2, 0) is 9.59 Å². The number of benzene rings is 2. The zero-order chi connectivity index (χ0) is 42.1. The summed E-state index contributed by atoms with van der Waals surface area (Å²) in [7, 11) is 0. The maximum Gasteiger partial charge on any atom is 0.262 e. The fourth-order valence-corrected chi connectivity index (χ4v) is 8.88. The number of hydrogen-bond acceptors (Lipinski definition) is 13. The highest BCUT2D eigenvalue weighted by atomic mass is 16.5. The molecule has 0 spiro atoms. The lowest BCUT2D eigenvalue weighted by Gasteiger charge is -2.48. The third-order valence-electron chi connectivity index (χ3n) is 12.2. The number of fused-ring (bicyclic) bond motifs is 1. The molecule has 16 heteroatoms. The highest BCUT2D eigenvalue weighted by molar-refractivity contribution is 6.23. The summed E-state index contributed by atoms with van der Waals surface area (Å²) in [5, 5.41) is 14.7. The van der Waals surface area contributed by atoms with Crippen LogP contribution in [0.4, 0.5) is 5.95 Å². The van der Waals surface area contributed by atoms with Crippen molar-refractivity contribution in [3.05, 3.63) is 71.0 Å². The Balaban J connectivity index is 0.759. The third-order valence-corrected chi connectivity index (χ3v) is 12.2. The van der Waals surface area contributed by atoms with Crippen molar-refractivity contribution in [3.8, 4) is 23.3 Å². The van der Waals surface area contributed by atoms with Gasteiger partial charge in [0.2, 0.25) is 17.8 Å². The first-order valence-electron chi connectivity index (χ1n) is 21.0. The van der Waals surface area contributed by atoms with Gasteiger partial charge < -0.3 is 24.4 Å². The number of hydrogen-bond donors (Lipinski definition) is 2. The molecule has 314 valence electrons. The van der Waals surface area contributed by atoms with E-state index in [-0.39, 0.29) is 48.1 Å². The highest BCUT2D eigenvalue weighted by Gasteiger charge is 2.45. The number of ether oxygens (including phenoxy) is 3. The molecule has 1 atom stereocenters. The minimum absolute atomic E-state index is 0.0185. The first-order chi connectivity index (χ1) is 29.0. The number of piperidine rings is 1. The van der Waals surface area contributed by atoms with E-state index in [9.17, 15) is 29.2 Å². The summed E-state index contributed by atoms with van der Waals surface area (Å²) >= 11 is 0. The van der Waals surface area contributed by atoms with Gasteiger partial charge >= 0.3 is 0 Å². The van der Waals surface area contributed by atoms with Gasteiger partial charge in [-0.2, -0.15) is 5.26 Å². The average molecular weight is 819 g/mol. The highest BCUT2D eigenvalue weighted by Crippen LogP contribution is 2.36. The Kier molecular flexibility index (Phi) is 11.7. The number of amides is 5. The summed E-state index contributed by atoms with van der Waals surface area (Å²) in [5.41, 5.74) is 1.34. The van der Waals surface area contributed by atoms with Gasteiger partial charge in [-0.1, -0.05) is 0 Å². The first kappa shape index (κ1) is 40.7. The number of nitriles is 1. The predicted octanol–water partition coefficient (Wildman–Crippen LogP) is 4.02. The predicted molar refractivity (Wildman–Crippen MR) is 217 cm³/mol. The summed E-state index contributed by atoms with van der Waals surface area (Å²) in [6, 6.07) is 12.0. The second-order valence-corrected chi connectivity index (χ2v) is 16.6. The summed E-state index contributed by atoms with van der Waals surface area (Å²) in [4.78, 5) is 78.1. The molecule has 3 aromatic rings. The van der Waals surface area contributed by atoms with Gasteiger partial charge in [0.25, 0.3) is 17.7 Å². The van der Waals surface area contributed by atoms with Crippen molar-refractivity contribution in [1.82, 2.24) is 30.4 Å². The van der Waals surface area contributed by atoms with Gasteiger partial charge in [-0.25, -0.2) is 9.97 Å². The van der Waals surface area contributed by atoms with Gasteiger partial charge in [0.15, 0.2) is 0 Å². The Labute approximate surface area is 348 Å². The Hall–Kier alpha value is -6.08. The number of carbonyl (C=O) groups excluding carboxylic acids is 5. The number of nitrogens with zero attached hydrogens (tertiary/aromatic N) is 6. The molecule has 2 aromatic carbocycles. The summed E-state index contributed by atoms with van der Waals surface area (Å²) in [6.45, 7) is 9.30. The topological polar surface area (TPSA) is 196 Å². The SMILES string of the molecule is CCOc1cc(OC2CCC(NC(=O)c3cnc(N4CC(CN(C(C)C)C5CC(Oc6ccc7c(c6)C(=O)N(C6CCC(=O)NC6=O)C7=O)C5)C4)nc3)CC2)ccc1C#N. The summed E-state index contributed by atoms with van der Waals surface area (Å²) < 4.78 is 18.0. The number of rotatable bonds is 14. The molecular formula is C44H50N8O8. The standard InChI is InChI=1S/C44H50N8O8/c1-4-58-38-18-33(8-5-27(38)19-45)59-31-9-6-29(7-10-31)48-40(54)28-20-46-44(47-21-28)50-22-26(23-50)24-51(25(2)3)30-15-34(16-30)60-32-11-12-35-36(17-32)43(57)52(42(35)56)37-13-14-39(53)49-41(37)55/h5,8,11-12,17-18,20-21,25-26,29-31,34,37H,4,6-7,9-10,13-16,22-24H2,1-3H3,(H,48,54)(H,49,53,55). The molecular weight excluding hydrogens is 769 g/mol. The lowest BCUT2D eigenvalue weighted by molar-refractivity contribution is -0.136. The van der Waals surface area contributed by atoms with E-state index in [1.54, 1.807) is 48.8 Å². The first-order valence-corrected chi connectivity index (χ1v) is 21.0. The van der Waals surface area contributed by atoms with Gasteiger partial charge in [0, 0.05) is 81.4 Å². The minimum Gasteiger partial charge on any atom is -0.492 e. The van der Waals surface area contributed by atoms with E-state index in [0.717, 1.165) is 63.1 Å². The molecule has 0 bridgehead atoms. The molecule has 5 amide bonds. The normalized spacial score (nSPS) is 24.0.